The normalized spacial score (nSPS) is 17.4. The molecule has 1 atom stereocenters. The molecule has 2 heterocycles. The Bertz CT molecular complexity index is 1040. The van der Waals surface area contributed by atoms with Gasteiger partial charge in [0.25, 0.3) is 0 Å². The van der Waals surface area contributed by atoms with E-state index in [1.807, 2.05) is 17.4 Å². The molecule has 5 heteroatoms. The zero-order valence-corrected chi connectivity index (χ0v) is 21.9. The average Bonchev–Trinajstić information content (AvgIpc) is 3.46. The Morgan fingerprint density at radius 2 is 1.83 bits per heavy atom. The summed E-state index contributed by atoms with van der Waals surface area (Å²) in [6.45, 7) is 4.37. The van der Waals surface area contributed by atoms with Gasteiger partial charge in [-0.2, -0.15) is 0 Å². The van der Waals surface area contributed by atoms with E-state index >= 15 is 0 Å². The maximum absolute atomic E-state index is 4.39. The van der Waals surface area contributed by atoms with E-state index in [1.165, 1.54) is 50.6 Å². The minimum atomic E-state index is 0. The van der Waals surface area contributed by atoms with Crippen LogP contribution in [-0.2, 0) is 31.1 Å². The van der Waals surface area contributed by atoms with Crippen LogP contribution in [0.25, 0.3) is 11.6 Å². The van der Waals surface area contributed by atoms with Crippen LogP contribution in [0.4, 0.5) is 0 Å². The first kappa shape index (κ1) is 25.3. The van der Waals surface area contributed by atoms with Crippen LogP contribution in [0.5, 0.6) is 0 Å². The van der Waals surface area contributed by atoms with E-state index in [0.717, 1.165) is 12.1 Å². The Morgan fingerprint density at radius 3 is 2.53 bits per heavy atom. The number of aliphatic imine (C=N–C) groups is 1. The minimum absolute atomic E-state index is 0. The second-order valence-electron chi connectivity index (χ2n) is 7.14. The predicted molar refractivity (Wildman–Crippen MR) is 118 cm³/mol. The summed E-state index contributed by atoms with van der Waals surface area (Å²) < 4.78 is 0.626. The van der Waals surface area contributed by atoms with Crippen LogP contribution in [-0.4, -0.2) is 5.71 Å². The van der Waals surface area contributed by atoms with Crippen LogP contribution in [0.2, 0.25) is 0 Å². The van der Waals surface area contributed by atoms with Gasteiger partial charge in [-0.1, -0.05) is 19.1 Å². The number of fused-ring (bicyclic) bond motifs is 2. The largest absolute Gasteiger partial charge is 1.00 e. The average molecular weight is 533 g/mol. The van der Waals surface area contributed by atoms with Gasteiger partial charge in [0.2, 0.25) is 0 Å². The molecule has 0 saturated heterocycles. The van der Waals surface area contributed by atoms with Crippen LogP contribution in [0.15, 0.2) is 77.0 Å². The summed E-state index contributed by atoms with van der Waals surface area (Å²) in [7, 11) is 0. The molecular weight excluding hydrogens is 508 g/mol. The summed E-state index contributed by atoms with van der Waals surface area (Å²) in [4.78, 5) is 7.38. The fourth-order valence-electron chi connectivity index (χ4n) is 3.65. The molecule has 153 valence electrons. The van der Waals surface area contributed by atoms with E-state index in [-0.39, 0.29) is 24.8 Å². The first-order valence-electron chi connectivity index (χ1n) is 9.98. The van der Waals surface area contributed by atoms with Crippen molar-refractivity contribution in [3.63, 3.8) is 0 Å². The minimum Gasteiger partial charge on any atom is -1.00 e. The first-order chi connectivity index (χ1) is 13.7. The molecule has 0 fully saturated rings. The molecule has 3 aliphatic rings. The molecule has 1 unspecified atom stereocenters. The number of benzene rings is 1. The van der Waals surface area contributed by atoms with E-state index in [2.05, 4.69) is 79.5 Å². The van der Waals surface area contributed by atoms with Crippen LogP contribution in [0.3, 0.4) is 0 Å². The van der Waals surface area contributed by atoms with E-state index in [9.17, 15) is 0 Å². The SMILES string of the molecule is CCC1=NC2=CC=CC2=C1.CCCc1ccc(C2=Cc3ccccc3[CH]2[Zr+2])s1.[Cl-].[Cl-]. The molecule has 0 bridgehead atoms. The predicted octanol–water partition coefficient (Wildman–Crippen LogP) is 1.08. The van der Waals surface area contributed by atoms with Crippen molar-refractivity contribution in [3.8, 4) is 0 Å². The maximum Gasteiger partial charge on any atom is -1.00 e. The topological polar surface area (TPSA) is 12.4 Å². The van der Waals surface area contributed by atoms with Crippen LogP contribution < -0.4 is 24.8 Å². The molecule has 0 radical (unpaired) electrons. The summed E-state index contributed by atoms with van der Waals surface area (Å²) in [5.74, 6) is 0. The van der Waals surface area contributed by atoms with E-state index in [4.69, 9.17) is 0 Å². The molecule has 1 aromatic heterocycles. The number of allylic oxidation sites excluding steroid dienone is 5. The first-order valence-corrected chi connectivity index (χ1v) is 12.2. The Balaban J connectivity index is 0.000000229. The molecule has 5 rings (SSSR count). The summed E-state index contributed by atoms with van der Waals surface area (Å²) in [5.41, 5.74) is 8.07. The van der Waals surface area contributed by atoms with Crippen molar-refractivity contribution in [3.05, 3.63) is 92.9 Å². The van der Waals surface area contributed by atoms with Crippen LogP contribution >= 0.6 is 11.3 Å². The fourth-order valence-corrected chi connectivity index (χ4v) is 6.29. The van der Waals surface area contributed by atoms with Crippen molar-refractivity contribution < 1.29 is 49.5 Å². The maximum atomic E-state index is 4.39. The van der Waals surface area contributed by atoms with Crippen LogP contribution in [0, 0.1) is 0 Å². The van der Waals surface area contributed by atoms with Gasteiger partial charge in [-0.15, -0.1) is 0 Å². The van der Waals surface area contributed by atoms with Crippen molar-refractivity contribution in [1.82, 2.24) is 0 Å². The van der Waals surface area contributed by atoms with Gasteiger partial charge in [0.15, 0.2) is 0 Å². The van der Waals surface area contributed by atoms with Crippen molar-refractivity contribution in [2.24, 2.45) is 4.99 Å². The fraction of sp³-hybridized carbons (Fsp3) is 0.240. The zero-order chi connectivity index (χ0) is 19.5. The summed E-state index contributed by atoms with van der Waals surface area (Å²) >= 11 is 3.57. The molecule has 0 N–H and O–H groups in total. The van der Waals surface area contributed by atoms with Gasteiger partial charge in [-0.25, -0.2) is 0 Å². The van der Waals surface area contributed by atoms with Gasteiger partial charge >= 0.3 is 128 Å². The summed E-state index contributed by atoms with van der Waals surface area (Å²) in [6.07, 6.45) is 14.2. The Hall–Kier alpha value is -0.987. The molecule has 1 nitrogen and oxygen atoms in total. The number of hydrogen-bond donors (Lipinski definition) is 0. The summed E-state index contributed by atoms with van der Waals surface area (Å²) in [6, 6.07) is 13.4. The third-order valence-electron chi connectivity index (χ3n) is 5.15. The molecule has 30 heavy (non-hydrogen) atoms. The second kappa shape index (κ2) is 11.6. The van der Waals surface area contributed by atoms with Crippen molar-refractivity contribution >= 4 is 28.7 Å². The zero-order valence-electron chi connectivity index (χ0n) is 17.2. The third kappa shape index (κ3) is 5.43. The summed E-state index contributed by atoms with van der Waals surface area (Å²) in [5, 5.41) is 0. The van der Waals surface area contributed by atoms with E-state index in [0.29, 0.717) is 3.63 Å². The Morgan fingerprint density at radius 1 is 1.03 bits per heavy atom. The van der Waals surface area contributed by atoms with Gasteiger partial charge in [-0.05, 0) is 18.6 Å². The smallest absolute Gasteiger partial charge is 1.00 e. The Labute approximate surface area is 211 Å². The molecule has 2 aliphatic carbocycles. The van der Waals surface area contributed by atoms with Crippen LogP contribution in [0.1, 0.15) is 51.2 Å². The number of thiophene rings is 1. The molecule has 0 amide bonds. The molecule has 0 saturated carbocycles. The van der Waals surface area contributed by atoms with Gasteiger partial charge in [-0.3, -0.25) is 4.99 Å². The van der Waals surface area contributed by atoms with Gasteiger partial charge in [0.05, 0.1) is 5.70 Å². The second-order valence-corrected chi connectivity index (χ2v) is 9.73. The van der Waals surface area contributed by atoms with Gasteiger partial charge < -0.3 is 24.8 Å². The van der Waals surface area contributed by atoms with Crippen molar-refractivity contribution in [2.45, 2.75) is 36.7 Å². The molecule has 2 aromatic rings. The standard InChI is InChI=1S/C16H15S.C9H9N.2ClH.Zr/c1-2-5-15-8-9-16(17-15)14-10-12-6-3-4-7-13(12)11-14;1-2-8-6-7-4-3-5-9(7)10-8;;;/h3-4,6-11H,2,5H2,1H3;3-6H,2H2,1H3;2*1H;/q;;;;+2/p-2. The van der Waals surface area contributed by atoms with Gasteiger partial charge in [0.1, 0.15) is 0 Å². The number of halogens is 2. The molecule has 0 spiro atoms. The van der Waals surface area contributed by atoms with Crippen molar-refractivity contribution in [1.29, 1.82) is 0 Å². The number of nitrogens with zero attached hydrogens (tertiary/aromatic N) is 1. The van der Waals surface area contributed by atoms with E-state index in [1.54, 1.807) is 24.7 Å². The molecule has 1 aliphatic heterocycles. The third-order valence-corrected chi connectivity index (χ3v) is 7.87. The van der Waals surface area contributed by atoms with Crippen molar-refractivity contribution in [2.75, 3.05) is 0 Å². The number of aryl methyl sites for hydroxylation is 1. The monoisotopic (exact) mass is 530 g/mol. The Kier molecular flexibility index (Phi) is 9.76. The number of hydrogen-bond acceptors (Lipinski definition) is 2. The quantitative estimate of drug-likeness (QED) is 0.559. The van der Waals surface area contributed by atoms with E-state index < -0.39 is 0 Å². The number of rotatable bonds is 4. The molecular formula is C25H24Cl2NSZr. The molecule has 1 aromatic carbocycles. The van der Waals surface area contributed by atoms with Gasteiger partial charge in [0, 0.05) is 11.3 Å².